The van der Waals surface area contributed by atoms with Crippen molar-refractivity contribution in [3.05, 3.63) is 97.0 Å². The van der Waals surface area contributed by atoms with E-state index in [2.05, 4.69) is 21.4 Å². The summed E-state index contributed by atoms with van der Waals surface area (Å²) in [5.74, 6) is 0. The number of ether oxygens (including phenoxy) is 1. The lowest BCUT2D eigenvalue weighted by Crippen LogP contribution is -2.27. The molecule has 0 amide bonds. The monoisotopic (exact) mass is 487 g/mol. The lowest BCUT2D eigenvalue weighted by atomic mass is 10.1. The second-order valence-electron chi connectivity index (χ2n) is 9.60. The van der Waals surface area contributed by atoms with Crippen LogP contribution in [0.2, 0.25) is 0 Å². The van der Waals surface area contributed by atoms with Gasteiger partial charge in [-0.2, -0.15) is 5.26 Å². The highest BCUT2D eigenvalue weighted by atomic mass is 16.6. The van der Waals surface area contributed by atoms with Crippen molar-refractivity contribution in [1.29, 1.82) is 5.26 Å². The average molecular weight is 488 g/mol. The Hall–Kier alpha value is -4.96. The Labute approximate surface area is 215 Å². The van der Waals surface area contributed by atoms with Crippen LogP contribution in [0.1, 0.15) is 26.3 Å². The van der Waals surface area contributed by atoms with E-state index in [1.807, 2.05) is 81.4 Å². The number of benzene rings is 3. The normalized spacial score (nSPS) is 11.2. The molecule has 5 aromatic rings. The van der Waals surface area contributed by atoms with Gasteiger partial charge in [-0.3, -0.25) is 9.97 Å². The molecule has 182 valence electrons. The molecule has 2 aromatic heterocycles. The van der Waals surface area contributed by atoms with Crippen molar-refractivity contribution in [3.8, 4) is 28.6 Å². The maximum atomic E-state index is 13.2. The first-order valence-corrected chi connectivity index (χ1v) is 11.8. The van der Waals surface area contributed by atoms with Crippen molar-refractivity contribution in [2.75, 3.05) is 5.32 Å². The Bertz CT molecular complexity index is 1610. The third-order valence-electron chi connectivity index (χ3n) is 5.72. The minimum atomic E-state index is -0.659. The summed E-state index contributed by atoms with van der Waals surface area (Å²) in [7, 11) is 0. The lowest BCUT2D eigenvalue weighted by molar-refractivity contribution is 0.0547. The van der Waals surface area contributed by atoms with Gasteiger partial charge < -0.3 is 10.1 Å². The van der Waals surface area contributed by atoms with Crippen molar-refractivity contribution >= 4 is 28.4 Å². The van der Waals surface area contributed by atoms with Gasteiger partial charge in [0.2, 0.25) is 0 Å². The zero-order chi connectivity index (χ0) is 26.0. The molecule has 5 rings (SSSR count). The van der Waals surface area contributed by atoms with Crippen LogP contribution in [0.15, 0.2) is 91.4 Å². The number of aromatic nitrogens is 3. The van der Waals surface area contributed by atoms with Crippen LogP contribution < -0.4 is 5.32 Å². The van der Waals surface area contributed by atoms with E-state index in [4.69, 9.17) is 4.74 Å². The quantitative estimate of drug-likeness (QED) is 0.289. The van der Waals surface area contributed by atoms with Crippen molar-refractivity contribution in [1.82, 2.24) is 14.5 Å². The van der Waals surface area contributed by atoms with Gasteiger partial charge in [0.25, 0.3) is 0 Å². The molecule has 0 aliphatic rings. The van der Waals surface area contributed by atoms with E-state index in [1.54, 1.807) is 30.7 Å². The Morgan fingerprint density at radius 2 is 1.59 bits per heavy atom. The number of hydrogen-bond acceptors (Lipinski definition) is 6. The maximum Gasteiger partial charge on any atom is 0.419 e. The average Bonchev–Trinajstić information content (AvgIpc) is 3.28. The number of carbonyl (C=O) groups is 1. The highest BCUT2D eigenvalue weighted by Gasteiger charge is 2.23. The standard InChI is InChI=1S/C30H25N5O2/c1-30(2,3)37-29(36)35-27-16-20(18-31)4-5-23(27)17-28(35)22-8-12-25(13-9-22)34-24-10-6-21(7-11-24)26-19-32-14-15-33-26/h4-17,19,34H,1-3H3. The van der Waals surface area contributed by atoms with Crippen molar-refractivity contribution < 1.29 is 9.53 Å². The molecule has 0 saturated heterocycles. The molecule has 0 radical (unpaired) electrons. The summed E-state index contributed by atoms with van der Waals surface area (Å²) in [5.41, 5.74) is 5.65. The van der Waals surface area contributed by atoms with Crippen LogP contribution in [0.25, 0.3) is 33.4 Å². The third-order valence-corrected chi connectivity index (χ3v) is 5.72. The molecule has 0 atom stereocenters. The first-order chi connectivity index (χ1) is 17.8. The third kappa shape index (κ3) is 5.19. The van der Waals surface area contributed by atoms with Gasteiger partial charge in [-0.25, -0.2) is 9.36 Å². The van der Waals surface area contributed by atoms with E-state index in [-0.39, 0.29) is 0 Å². The van der Waals surface area contributed by atoms with Crippen LogP contribution in [0, 0.1) is 11.3 Å². The molecule has 0 fully saturated rings. The fourth-order valence-electron chi connectivity index (χ4n) is 4.05. The number of hydrogen-bond donors (Lipinski definition) is 1. The molecular weight excluding hydrogens is 462 g/mol. The second kappa shape index (κ2) is 9.59. The van der Waals surface area contributed by atoms with Gasteiger partial charge in [0.1, 0.15) is 5.60 Å². The van der Waals surface area contributed by atoms with Gasteiger partial charge in [0, 0.05) is 34.7 Å². The number of carbonyl (C=O) groups excluding carboxylic acids is 1. The highest BCUT2D eigenvalue weighted by molar-refractivity contribution is 5.97. The molecule has 0 aliphatic heterocycles. The van der Waals surface area contributed by atoms with Crippen LogP contribution >= 0.6 is 0 Å². The van der Waals surface area contributed by atoms with E-state index < -0.39 is 11.7 Å². The highest BCUT2D eigenvalue weighted by Crippen LogP contribution is 2.31. The van der Waals surface area contributed by atoms with Gasteiger partial charge in [-0.15, -0.1) is 0 Å². The molecule has 7 heteroatoms. The SMILES string of the molecule is CC(C)(C)OC(=O)n1c(-c2ccc(Nc3ccc(-c4cnccn4)cc3)cc2)cc2ccc(C#N)cc21. The Morgan fingerprint density at radius 3 is 2.19 bits per heavy atom. The maximum absolute atomic E-state index is 13.2. The number of fused-ring (bicyclic) bond motifs is 1. The molecule has 0 saturated carbocycles. The molecule has 2 heterocycles. The van der Waals surface area contributed by atoms with E-state index in [0.29, 0.717) is 16.8 Å². The predicted molar refractivity (Wildman–Crippen MR) is 144 cm³/mol. The molecule has 3 aromatic carbocycles. The molecule has 0 aliphatic carbocycles. The van der Waals surface area contributed by atoms with Crippen LogP contribution in [-0.4, -0.2) is 26.2 Å². The van der Waals surface area contributed by atoms with Gasteiger partial charge in [-0.05, 0) is 68.8 Å². The van der Waals surface area contributed by atoms with Crippen LogP contribution in [-0.2, 0) is 4.74 Å². The van der Waals surface area contributed by atoms with Crippen molar-refractivity contribution in [3.63, 3.8) is 0 Å². The molecule has 37 heavy (non-hydrogen) atoms. The molecule has 0 bridgehead atoms. The number of anilines is 2. The number of nitriles is 1. The van der Waals surface area contributed by atoms with Gasteiger partial charge in [0.15, 0.2) is 0 Å². The van der Waals surface area contributed by atoms with Gasteiger partial charge in [-0.1, -0.05) is 30.3 Å². The first-order valence-electron chi connectivity index (χ1n) is 11.8. The summed E-state index contributed by atoms with van der Waals surface area (Å²) < 4.78 is 7.23. The predicted octanol–water partition coefficient (Wildman–Crippen LogP) is 7.16. The fraction of sp³-hybridized carbons (Fsp3) is 0.133. The summed E-state index contributed by atoms with van der Waals surface area (Å²) in [5, 5.41) is 13.6. The second-order valence-corrected chi connectivity index (χ2v) is 9.60. The zero-order valence-corrected chi connectivity index (χ0v) is 20.8. The number of nitrogens with zero attached hydrogens (tertiary/aromatic N) is 4. The largest absolute Gasteiger partial charge is 0.443 e. The Kier molecular flexibility index (Phi) is 6.16. The van der Waals surface area contributed by atoms with Crippen LogP contribution in [0.4, 0.5) is 16.2 Å². The summed E-state index contributed by atoms with van der Waals surface area (Å²) >= 11 is 0. The van der Waals surface area contributed by atoms with Gasteiger partial charge >= 0.3 is 6.09 Å². The van der Waals surface area contributed by atoms with Crippen molar-refractivity contribution in [2.24, 2.45) is 0 Å². The zero-order valence-electron chi connectivity index (χ0n) is 20.8. The molecule has 0 spiro atoms. The Balaban J connectivity index is 1.44. The van der Waals surface area contributed by atoms with Crippen LogP contribution in [0.5, 0.6) is 0 Å². The molecule has 0 unspecified atom stereocenters. The van der Waals surface area contributed by atoms with Gasteiger partial charge in [0.05, 0.1) is 34.7 Å². The van der Waals surface area contributed by atoms with E-state index in [9.17, 15) is 10.1 Å². The topological polar surface area (TPSA) is 92.8 Å². The van der Waals surface area contributed by atoms with E-state index >= 15 is 0 Å². The number of nitrogens with one attached hydrogen (secondary N) is 1. The first kappa shape index (κ1) is 23.8. The van der Waals surface area contributed by atoms with E-state index in [0.717, 1.165) is 33.6 Å². The summed E-state index contributed by atoms with van der Waals surface area (Å²) in [6.45, 7) is 5.49. The minimum Gasteiger partial charge on any atom is -0.443 e. The number of rotatable bonds is 4. The molecular formula is C30H25N5O2. The smallest absolute Gasteiger partial charge is 0.419 e. The summed E-state index contributed by atoms with van der Waals surface area (Å²) in [6, 6.07) is 25.2. The van der Waals surface area contributed by atoms with Crippen molar-refractivity contribution in [2.45, 2.75) is 26.4 Å². The molecule has 1 N–H and O–H groups in total. The molecule has 7 nitrogen and oxygen atoms in total. The fourth-order valence-corrected chi connectivity index (χ4v) is 4.05. The lowest BCUT2D eigenvalue weighted by Gasteiger charge is -2.21. The Morgan fingerprint density at radius 1 is 0.919 bits per heavy atom. The van der Waals surface area contributed by atoms with Crippen LogP contribution in [0.3, 0.4) is 0 Å². The summed E-state index contributed by atoms with van der Waals surface area (Å²) in [6.07, 6.45) is 4.57. The minimum absolute atomic E-state index is 0.479. The van der Waals surface area contributed by atoms with E-state index in [1.165, 1.54) is 4.57 Å². The summed E-state index contributed by atoms with van der Waals surface area (Å²) in [4.78, 5) is 21.7.